The molecule has 0 aliphatic carbocycles. The van der Waals surface area contributed by atoms with E-state index in [-0.39, 0.29) is 0 Å². The Morgan fingerprint density at radius 1 is 1.19 bits per heavy atom. The molecule has 0 radical (unpaired) electrons. The SMILES string of the molecule is CCCCCSC(CCN)c1ccccc1. The molecule has 0 saturated heterocycles. The van der Waals surface area contributed by atoms with E-state index >= 15 is 0 Å². The lowest BCUT2D eigenvalue weighted by Crippen LogP contribution is -2.05. The summed E-state index contributed by atoms with van der Waals surface area (Å²) in [5.41, 5.74) is 7.11. The summed E-state index contributed by atoms with van der Waals surface area (Å²) in [7, 11) is 0. The van der Waals surface area contributed by atoms with Gasteiger partial charge in [0.15, 0.2) is 0 Å². The van der Waals surface area contributed by atoms with Gasteiger partial charge in [0.25, 0.3) is 0 Å². The monoisotopic (exact) mass is 237 g/mol. The quantitative estimate of drug-likeness (QED) is 0.692. The third kappa shape index (κ3) is 5.04. The number of unbranched alkanes of at least 4 members (excludes halogenated alkanes) is 2. The summed E-state index contributed by atoms with van der Waals surface area (Å²) in [6, 6.07) is 10.7. The predicted molar refractivity (Wildman–Crippen MR) is 74.8 cm³/mol. The van der Waals surface area contributed by atoms with Gasteiger partial charge in [0.05, 0.1) is 0 Å². The summed E-state index contributed by atoms with van der Waals surface area (Å²) in [6.07, 6.45) is 5.06. The summed E-state index contributed by atoms with van der Waals surface area (Å²) in [5.74, 6) is 1.26. The molecule has 90 valence electrons. The second-order valence-corrected chi connectivity index (χ2v) is 5.37. The molecule has 0 fully saturated rings. The van der Waals surface area contributed by atoms with Crippen LogP contribution in [0.25, 0.3) is 0 Å². The summed E-state index contributed by atoms with van der Waals surface area (Å²) < 4.78 is 0. The van der Waals surface area contributed by atoms with Gasteiger partial charge in [0.2, 0.25) is 0 Å². The Bertz CT molecular complexity index is 261. The van der Waals surface area contributed by atoms with E-state index in [0.717, 1.165) is 13.0 Å². The maximum absolute atomic E-state index is 5.68. The predicted octanol–water partition coefficient (Wildman–Crippen LogP) is 4.00. The maximum atomic E-state index is 5.68. The zero-order valence-electron chi connectivity index (χ0n) is 10.2. The van der Waals surface area contributed by atoms with E-state index in [1.54, 1.807) is 0 Å². The molecule has 1 aromatic carbocycles. The van der Waals surface area contributed by atoms with Crippen LogP contribution in [0.4, 0.5) is 0 Å². The van der Waals surface area contributed by atoms with E-state index in [0.29, 0.717) is 5.25 Å². The summed E-state index contributed by atoms with van der Waals surface area (Å²) in [6.45, 7) is 3.03. The van der Waals surface area contributed by atoms with E-state index in [9.17, 15) is 0 Å². The first kappa shape index (κ1) is 13.6. The van der Waals surface area contributed by atoms with E-state index in [2.05, 4.69) is 49.0 Å². The first-order chi connectivity index (χ1) is 7.88. The highest BCUT2D eigenvalue weighted by Gasteiger charge is 2.09. The summed E-state index contributed by atoms with van der Waals surface area (Å²) in [4.78, 5) is 0. The van der Waals surface area contributed by atoms with Crippen LogP contribution in [0.3, 0.4) is 0 Å². The molecule has 0 saturated carbocycles. The van der Waals surface area contributed by atoms with Gasteiger partial charge in [-0.05, 0) is 30.7 Å². The van der Waals surface area contributed by atoms with Crippen molar-refractivity contribution in [1.29, 1.82) is 0 Å². The van der Waals surface area contributed by atoms with Crippen LogP contribution in [0.15, 0.2) is 30.3 Å². The first-order valence-corrected chi connectivity index (χ1v) is 7.30. The Hall–Kier alpha value is -0.470. The topological polar surface area (TPSA) is 26.0 Å². The average Bonchev–Trinajstić information content (AvgIpc) is 2.34. The fraction of sp³-hybridized carbons (Fsp3) is 0.571. The van der Waals surface area contributed by atoms with Crippen LogP contribution in [0.5, 0.6) is 0 Å². The molecule has 1 unspecified atom stereocenters. The fourth-order valence-electron chi connectivity index (χ4n) is 1.74. The molecule has 1 nitrogen and oxygen atoms in total. The van der Waals surface area contributed by atoms with Gasteiger partial charge in [0.1, 0.15) is 0 Å². The van der Waals surface area contributed by atoms with E-state index in [1.165, 1.54) is 30.6 Å². The van der Waals surface area contributed by atoms with Gasteiger partial charge in [0, 0.05) is 5.25 Å². The van der Waals surface area contributed by atoms with Gasteiger partial charge in [-0.3, -0.25) is 0 Å². The fourth-order valence-corrected chi connectivity index (χ4v) is 3.05. The largest absolute Gasteiger partial charge is 0.330 e. The highest BCUT2D eigenvalue weighted by Crippen LogP contribution is 2.32. The van der Waals surface area contributed by atoms with Gasteiger partial charge in [-0.15, -0.1) is 0 Å². The lowest BCUT2D eigenvalue weighted by atomic mass is 10.1. The number of rotatable bonds is 8. The Kier molecular flexibility index (Phi) is 7.35. The average molecular weight is 237 g/mol. The van der Waals surface area contributed by atoms with Gasteiger partial charge < -0.3 is 5.73 Å². The Morgan fingerprint density at radius 3 is 2.56 bits per heavy atom. The highest BCUT2D eigenvalue weighted by atomic mass is 32.2. The third-order valence-corrected chi connectivity index (χ3v) is 4.10. The van der Waals surface area contributed by atoms with Crippen molar-refractivity contribution in [2.45, 2.75) is 37.9 Å². The molecule has 0 aliphatic heterocycles. The number of thioether (sulfide) groups is 1. The van der Waals surface area contributed by atoms with Crippen molar-refractivity contribution in [3.63, 3.8) is 0 Å². The van der Waals surface area contributed by atoms with E-state index in [4.69, 9.17) is 5.73 Å². The second kappa shape index (κ2) is 8.66. The first-order valence-electron chi connectivity index (χ1n) is 6.25. The highest BCUT2D eigenvalue weighted by molar-refractivity contribution is 7.99. The van der Waals surface area contributed by atoms with Gasteiger partial charge >= 0.3 is 0 Å². The Morgan fingerprint density at radius 2 is 1.94 bits per heavy atom. The van der Waals surface area contributed by atoms with Crippen molar-refractivity contribution >= 4 is 11.8 Å². The minimum atomic E-state index is 0.586. The Labute approximate surface area is 104 Å². The molecule has 0 bridgehead atoms. The van der Waals surface area contributed by atoms with Crippen molar-refractivity contribution in [1.82, 2.24) is 0 Å². The van der Waals surface area contributed by atoms with Crippen molar-refractivity contribution in [2.75, 3.05) is 12.3 Å². The second-order valence-electron chi connectivity index (χ2n) is 4.05. The zero-order valence-corrected chi connectivity index (χ0v) is 11.0. The van der Waals surface area contributed by atoms with Gasteiger partial charge in [-0.2, -0.15) is 11.8 Å². The molecule has 1 aromatic rings. The van der Waals surface area contributed by atoms with E-state index < -0.39 is 0 Å². The van der Waals surface area contributed by atoms with Crippen LogP contribution < -0.4 is 5.73 Å². The molecule has 2 heteroatoms. The minimum Gasteiger partial charge on any atom is -0.330 e. The maximum Gasteiger partial charge on any atom is 0.0309 e. The van der Waals surface area contributed by atoms with Crippen LogP contribution >= 0.6 is 11.8 Å². The normalized spacial score (nSPS) is 12.6. The van der Waals surface area contributed by atoms with Crippen LogP contribution in [0.2, 0.25) is 0 Å². The molecular formula is C14H23NS. The lowest BCUT2D eigenvalue weighted by Gasteiger charge is -2.16. The van der Waals surface area contributed by atoms with E-state index in [1.807, 2.05) is 0 Å². The molecule has 0 aliphatic rings. The molecule has 0 spiro atoms. The van der Waals surface area contributed by atoms with Crippen molar-refractivity contribution in [2.24, 2.45) is 5.73 Å². The minimum absolute atomic E-state index is 0.586. The van der Waals surface area contributed by atoms with Crippen LogP contribution in [-0.2, 0) is 0 Å². The number of benzene rings is 1. The number of nitrogens with two attached hydrogens (primary N) is 1. The molecule has 0 aromatic heterocycles. The summed E-state index contributed by atoms with van der Waals surface area (Å²) in [5, 5.41) is 0.586. The molecule has 1 rings (SSSR count). The van der Waals surface area contributed by atoms with Gasteiger partial charge in [-0.25, -0.2) is 0 Å². The van der Waals surface area contributed by atoms with Crippen molar-refractivity contribution in [3.8, 4) is 0 Å². The smallest absolute Gasteiger partial charge is 0.0309 e. The molecule has 0 heterocycles. The lowest BCUT2D eigenvalue weighted by molar-refractivity contribution is 0.770. The summed E-state index contributed by atoms with van der Waals surface area (Å²) >= 11 is 2.06. The zero-order chi connectivity index (χ0) is 11.6. The van der Waals surface area contributed by atoms with Crippen molar-refractivity contribution in [3.05, 3.63) is 35.9 Å². The molecule has 2 N–H and O–H groups in total. The molecular weight excluding hydrogens is 214 g/mol. The van der Waals surface area contributed by atoms with Crippen molar-refractivity contribution < 1.29 is 0 Å². The standard InChI is InChI=1S/C14H23NS/c1-2-3-7-12-16-14(10-11-15)13-8-5-4-6-9-13/h4-6,8-9,14H,2-3,7,10-12,15H2,1H3. The van der Waals surface area contributed by atoms with Crippen LogP contribution in [0, 0.1) is 0 Å². The molecule has 1 atom stereocenters. The molecule has 16 heavy (non-hydrogen) atoms. The number of hydrogen-bond donors (Lipinski definition) is 1. The van der Waals surface area contributed by atoms with Gasteiger partial charge in [-0.1, -0.05) is 50.1 Å². The third-order valence-electron chi connectivity index (χ3n) is 2.67. The van der Waals surface area contributed by atoms with Crippen LogP contribution in [0.1, 0.15) is 43.4 Å². The molecule has 0 amide bonds. The van der Waals surface area contributed by atoms with Crippen LogP contribution in [-0.4, -0.2) is 12.3 Å². The Balaban J connectivity index is 2.41. The number of hydrogen-bond acceptors (Lipinski definition) is 2.